The average Bonchev–Trinajstić information content (AvgIpc) is 2.40. The first-order valence-electron chi connectivity index (χ1n) is 6.81. The van der Waals surface area contributed by atoms with E-state index in [2.05, 4.69) is 40.4 Å². The highest BCUT2D eigenvalue weighted by molar-refractivity contribution is 9.10. The third-order valence-corrected chi connectivity index (χ3v) is 3.60. The third-order valence-electron chi connectivity index (χ3n) is 2.95. The van der Waals surface area contributed by atoms with Gasteiger partial charge in [-0.15, -0.1) is 0 Å². The number of anilines is 1. The maximum atomic E-state index is 11.9. The number of benzene rings is 1. The maximum absolute atomic E-state index is 11.9. The second kappa shape index (κ2) is 8.15. The van der Waals surface area contributed by atoms with Crippen molar-refractivity contribution in [1.29, 1.82) is 0 Å². The second-order valence-electron chi connectivity index (χ2n) is 5.19. The van der Waals surface area contributed by atoms with Crippen LogP contribution in [0.5, 0.6) is 5.75 Å². The summed E-state index contributed by atoms with van der Waals surface area (Å²) in [5, 5.41) is 6.10. The summed E-state index contributed by atoms with van der Waals surface area (Å²) in [7, 11) is 1.62. The fraction of sp³-hybridized carbons (Fsp3) is 0.533. The summed E-state index contributed by atoms with van der Waals surface area (Å²) in [4.78, 5) is 11.9. The highest BCUT2D eigenvalue weighted by Gasteiger charge is 2.13. The molecule has 1 atom stereocenters. The largest absolute Gasteiger partial charge is 0.495 e. The Morgan fingerprint density at radius 1 is 1.35 bits per heavy atom. The van der Waals surface area contributed by atoms with Gasteiger partial charge in [0.1, 0.15) is 11.8 Å². The molecule has 1 amide bonds. The maximum Gasteiger partial charge on any atom is 0.242 e. The van der Waals surface area contributed by atoms with E-state index in [-0.39, 0.29) is 11.9 Å². The lowest BCUT2D eigenvalue weighted by Gasteiger charge is -2.16. The lowest BCUT2D eigenvalue weighted by Crippen LogP contribution is -2.38. The summed E-state index contributed by atoms with van der Waals surface area (Å²) < 4.78 is 6.12. The molecule has 1 aromatic rings. The van der Waals surface area contributed by atoms with Gasteiger partial charge in [0.25, 0.3) is 0 Å². The summed E-state index contributed by atoms with van der Waals surface area (Å²) in [6.07, 6.45) is 0.991. The summed E-state index contributed by atoms with van der Waals surface area (Å²) >= 11 is 3.40. The minimum absolute atomic E-state index is 0.00698. The van der Waals surface area contributed by atoms with Gasteiger partial charge in [-0.05, 0) is 47.3 Å². The van der Waals surface area contributed by atoms with Crippen molar-refractivity contribution in [2.75, 3.05) is 19.0 Å². The van der Waals surface area contributed by atoms with Crippen LogP contribution in [0.15, 0.2) is 22.7 Å². The van der Waals surface area contributed by atoms with Crippen LogP contribution in [0.2, 0.25) is 0 Å². The number of methoxy groups -OCH3 is 1. The van der Waals surface area contributed by atoms with Crippen LogP contribution in [-0.4, -0.2) is 25.6 Å². The van der Waals surface area contributed by atoms with Crippen LogP contribution in [0.1, 0.15) is 27.2 Å². The van der Waals surface area contributed by atoms with Gasteiger partial charge in [-0.3, -0.25) is 4.79 Å². The number of carbonyl (C=O) groups is 1. The van der Waals surface area contributed by atoms with Crippen molar-refractivity contribution in [3.63, 3.8) is 0 Å². The van der Waals surface area contributed by atoms with Crippen molar-refractivity contribution in [3.05, 3.63) is 22.7 Å². The fourth-order valence-corrected chi connectivity index (χ4v) is 2.11. The Bertz CT molecular complexity index is 449. The first-order valence-corrected chi connectivity index (χ1v) is 7.61. The van der Waals surface area contributed by atoms with E-state index < -0.39 is 0 Å². The van der Waals surface area contributed by atoms with E-state index in [1.807, 2.05) is 25.1 Å². The number of amides is 1. The average molecular weight is 343 g/mol. The molecule has 0 spiro atoms. The van der Waals surface area contributed by atoms with E-state index in [4.69, 9.17) is 4.74 Å². The Morgan fingerprint density at radius 3 is 2.65 bits per heavy atom. The van der Waals surface area contributed by atoms with Gasteiger partial charge < -0.3 is 15.4 Å². The number of nitrogens with one attached hydrogen (secondary N) is 2. The van der Waals surface area contributed by atoms with Crippen LogP contribution in [0, 0.1) is 5.92 Å². The van der Waals surface area contributed by atoms with Crippen LogP contribution < -0.4 is 15.4 Å². The zero-order valence-electron chi connectivity index (χ0n) is 12.5. The monoisotopic (exact) mass is 342 g/mol. The quantitative estimate of drug-likeness (QED) is 0.798. The Kier molecular flexibility index (Phi) is 6.85. The summed E-state index contributed by atoms with van der Waals surface area (Å²) in [6, 6.07) is 5.38. The SMILES string of the molecule is COc1cc(NC(C)C(=O)NCCC(C)C)ccc1Br. The fourth-order valence-electron chi connectivity index (χ4n) is 1.70. The lowest BCUT2D eigenvalue weighted by atomic mass is 10.1. The topological polar surface area (TPSA) is 50.4 Å². The van der Waals surface area contributed by atoms with Crippen LogP contribution >= 0.6 is 15.9 Å². The number of hydrogen-bond donors (Lipinski definition) is 2. The molecule has 0 heterocycles. The molecular weight excluding hydrogens is 320 g/mol. The zero-order valence-corrected chi connectivity index (χ0v) is 14.1. The van der Waals surface area contributed by atoms with Gasteiger partial charge in [0, 0.05) is 18.3 Å². The molecule has 0 aliphatic carbocycles. The number of halogens is 1. The van der Waals surface area contributed by atoms with Crippen LogP contribution in [0.4, 0.5) is 5.69 Å². The molecule has 4 nitrogen and oxygen atoms in total. The number of ether oxygens (including phenoxy) is 1. The minimum atomic E-state index is -0.284. The molecule has 5 heteroatoms. The molecular formula is C15H23BrN2O2. The van der Waals surface area contributed by atoms with Crippen molar-refractivity contribution in [2.24, 2.45) is 5.92 Å². The van der Waals surface area contributed by atoms with Gasteiger partial charge in [0.15, 0.2) is 0 Å². The predicted octanol–water partition coefficient (Wildman–Crippen LogP) is 3.42. The van der Waals surface area contributed by atoms with E-state index in [0.717, 1.165) is 22.3 Å². The Balaban J connectivity index is 2.52. The van der Waals surface area contributed by atoms with Crippen LogP contribution in [-0.2, 0) is 4.79 Å². The number of hydrogen-bond acceptors (Lipinski definition) is 3. The standard InChI is InChI=1S/C15H23BrN2O2/c1-10(2)7-8-17-15(19)11(3)18-12-5-6-13(16)14(9-12)20-4/h5-6,9-11,18H,7-8H2,1-4H3,(H,17,19). The molecule has 0 aromatic heterocycles. The van der Waals surface area contributed by atoms with Crippen molar-refractivity contribution < 1.29 is 9.53 Å². The third kappa shape index (κ3) is 5.41. The highest BCUT2D eigenvalue weighted by atomic mass is 79.9. The highest BCUT2D eigenvalue weighted by Crippen LogP contribution is 2.28. The Morgan fingerprint density at radius 2 is 2.05 bits per heavy atom. The van der Waals surface area contributed by atoms with Gasteiger partial charge in [-0.25, -0.2) is 0 Å². The lowest BCUT2D eigenvalue weighted by molar-refractivity contribution is -0.121. The van der Waals surface area contributed by atoms with Crippen molar-refractivity contribution in [3.8, 4) is 5.75 Å². The Labute approximate surface area is 129 Å². The molecule has 1 rings (SSSR count). The molecule has 112 valence electrons. The number of rotatable bonds is 7. The first-order chi connectivity index (χ1) is 9.43. The molecule has 0 aliphatic rings. The van der Waals surface area contributed by atoms with E-state index in [0.29, 0.717) is 12.5 Å². The van der Waals surface area contributed by atoms with Gasteiger partial charge in [-0.2, -0.15) is 0 Å². The molecule has 0 saturated carbocycles. The first kappa shape index (κ1) is 16.8. The van der Waals surface area contributed by atoms with Crippen molar-refractivity contribution in [2.45, 2.75) is 33.2 Å². The summed E-state index contributed by atoms with van der Waals surface area (Å²) in [5.41, 5.74) is 0.858. The predicted molar refractivity (Wildman–Crippen MR) is 86.2 cm³/mol. The molecule has 0 bridgehead atoms. The van der Waals surface area contributed by atoms with Gasteiger partial charge in [0.2, 0.25) is 5.91 Å². The molecule has 20 heavy (non-hydrogen) atoms. The Hall–Kier alpha value is -1.23. The van der Waals surface area contributed by atoms with Crippen molar-refractivity contribution in [1.82, 2.24) is 5.32 Å². The molecule has 0 radical (unpaired) electrons. The van der Waals surface area contributed by atoms with Crippen LogP contribution in [0.3, 0.4) is 0 Å². The van der Waals surface area contributed by atoms with Gasteiger partial charge in [-0.1, -0.05) is 13.8 Å². The summed E-state index contributed by atoms with van der Waals surface area (Å²) in [5.74, 6) is 1.34. The molecule has 0 aliphatic heterocycles. The zero-order chi connectivity index (χ0) is 15.1. The van der Waals surface area contributed by atoms with Gasteiger partial charge in [0.05, 0.1) is 11.6 Å². The molecule has 2 N–H and O–H groups in total. The molecule has 0 saturated heterocycles. The molecule has 0 fully saturated rings. The normalized spacial score (nSPS) is 12.1. The van der Waals surface area contributed by atoms with E-state index in [9.17, 15) is 4.79 Å². The summed E-state index contributed by atoms with van der Waals surface area (Å²) in [6.45, 7) is 6.84. The van der Waals surface area contributed by atoms with Crippen LogP contribution in [0.25, 0.3) is 0 Å². The van der Waals surface area contributed by atoms with E-state index in [1.165, 1.54) is 0 Å². The second-order valence-corrected chi connectivity index (χ2v) is 6.04. The molecule has 1 unspecified atom stereocenters. The van der Waals surface area contributed by atoms with Gasteiger partial charge >= 0.3 is 0 Å². The van der Waals surface area contributed by atoms with Crippen molar-refractivity contribution >= 4 is 27.5 Å². The van der Waals surface area contributed by atoms with E-state index in [1.54, 1.807) is 7.11 Å². The smallest absolute Gasteiger partial charge is 0.242 e. The number of carbonyl (C=O) groups excluding carboxylic acids is 1. The molecule has 1 aromatic carbocycles. The van der Waals surface area contributed by atoms with E-state index >= 15 is 0 Å². The minimum Gasteiger partial charge on any atom is -0.495 e.